The molecule has 0 spiro atoms. The van der Waals surface area contributed by atoms with Crippen LogP contribution in [0.4, 0.5) is 0 Å². The van der Waals surface area contributed by atoms with Crippen LogP contribution in [-0.2, 0) is 0 Å². The first kappa shape index (κ1) is 7.95. The molecule has 1 aromatic carbocycles. The smallest absolute Gasteiger partial charge is 0.0607 e. The van der Waals surface area contributed by atoms with Crippen molar-refractivity contribution in [2.75, 3.05) is 0 Å². The van der Waals surface area contributed by atoms with Crippen molar-refractivity contribution in [2.24, 2.45) is 0 Å². The predicted molar refractivity (Wildman–Crippen MR) is 60.6 cm³/mol. The van der Waals surface area contributed by atoms with Crippen molar-refractivity contribution >= 4 is 22.2 Å². The second-order valence-corrected chi connectivity index (χ2v) is 3.78. The van der Waals surface area contributed by atoms with Crippen LogP contribution in [-0.4, -0.2) is 0 Å². The minimum absolute atomic E-state index is 0.871. The molecule has 0 saturated heterocycles. The zero-order chi connectivity index (χ0) is 9.54. The van der Waals surface area contributed by atoms with Crippen molar-refractivity contribution in [1.82, 2.24) is 0 Å². The van der Waals surface area contributed by atoms with Gasteiger partial charge in [0.1, 0.15) is 10.6 Å². The molecule has 0 aliphatic heterocycles. The Morgan fingerprint density at radius 3 is 2.71 bits per heavy atom. The third-order valence-corrected chi connectivity index (χ3v) is 3.02. The Balaban J connectivity index is 2.32. The van der Waals surface area contributed by atoms with E-state index in [-0.39, 0.29) is 0 Å². The lowest BCUT2D eigenvalue weighted by Gasteiger charge is -1.99. The fourth-order valence-electron chi connectivity index (χ4n) is 1.96. The molecule has 2 aliphatic rings. The Labute approximate surface area is 88.2 Å². The highest BCUT2D eigenvalue weighted by molar-refractivity contribution is 6.52. The van der Waals surface area contributed by atoms with Gasteiger partial charge in [0.2, 0.25) is 0 Å². The van der Waals surface area contributed by atoms with Crippen LogP contribution >= 0.6 is 11.6 Å². The first-order chi connectivity index (χ1) is 6.88. The molecule has 0 fully saturated rings. The quantitative estimate of drug-likeness (QED) is 0.558. The summed E-state index contributed by atoms with van der Waals surface area (Å²) in [6.07, 6.45) is 8.25. The first-order valence-electron chi connectivity index (χ1n) is 4.59. The summed E-state index contributed by atoms with van der Waals surface area (Å²) in [5.74, 6) is 0. The summed E-state index contributed by atoms with van der Waals surface area (Å²) in [5.41, 5.74) is 4.78. The van der Waals surface area contributed by atoms with Gasteiger partial charge in [0.25, 0.3) is 0 Å². The monoisotopic (exact) mass is 199 g/mol. The number of allylic oxidation sites excluding steroid dienone is 5. The van der Waals surface area contributed by atoms with Crippen molar-refractivity contribution < 1.29 is 0 Å². The summed E-state index contributed by atoms with van der Waals surface area (Å²) in [6, 6.07) is 8.25. The molecule has 0 amide bonds. The van der Waals surface area contributed by atoms with Crippen LogP contribution in [0.25, 0.3) is 10.6 Å². The number of hydrogen-bond acceptors (Lipinski definition) is 0. The Bertz CT molecular complexity index is 490. The van der Waals surface area contributed by atoms with Crippen LogP contribution in [0.15, 0.2) is 48.1 Å². The van der Waals surface area contributed by atoms with E-state index in [1.165, 1.54) is 11.1 Å². The lowest BCUT2D eigenvalue weighted by Crippen LogP contribution is -1.87. The minimum atomic E-state index is 0.871. The first-order valence-corrected chi connectivity index (χ1v) is 4.97. The van der Waals surface area contributed by atoms with Gasteiger partial charge in [0.05, 0.1) is 11.1 Å². The highest BCUT2D eigenvalue weighted by Gasteiger charge is 2.32. The van der Waals surface area contributed by atoms with Crippen LogP contribution in [0.3, 0.4) is 0 Å². The van der Waals surface area contributed by atoms with Gasteiger partial charge in [-0.15, -0.1) is 0 Å². The fourth-order valence-corrected chi connectivity index (χ4v) is 2.29. The highest BCUT2D eigenvalue weighted by atomic mass is 35.5. The molecule has 0 radical (unpaired) electrons. The summed E-state index contributed by atoms with van der Waals surface area (Å²) in [7, 11) is 0. The van der Waals surface area contributed by atoms with E-state index < -0.39 is 0 Å². The summed E-state index contributed by atoms with van der Waals surface area (Å²) < 4.78 is 0. The SMILES string of the molecule is ClC1=C2[CH+]C=CC=C2c2ccccc21. The van der Waals surface area contributed by atoms with Crippen molar-refractivity contribution in [2.45, 2.75) is 0 Å². The Morgan fingerprint density at radius 1 is 1.07 bits per heavy atom. The standard InChI is InChI=1S/C13H8Cl/c14-13-11-7-3-1-5-9(11)10-6-2-4-8-12(10)13/h1-8H/q+1. The van der Waals surface area contributed by atoms with Gasteiger partial charge in [0.15, 0.2) is 0 Å². The third-order valence-electron chi connectivity index (χ3n) is 2.62. The average molecular weight is 200 g/mol. The molecule has 0 heterocycles. The van der Waals surface area contributed by atoms with Crippen LogP contribution < -0.4 is 0 Å². The molecule has 0 unspecified atom stereocenters. The number of halogens is 1. The summed E-state index contributed by atoms with van der Waals surface area (Å²) in [5, 5.41) is 0.871. The van der Waals surface area contributed by atoms with Gasteiger partial charge in [-0.2, -0.15) is 0 Å². The molecule has 0 saturated carbocycles. The van der Waals surface area contributed by atoms with E-state index >= 15 is 0 Å². The fraction of sp³-hybridized carbons (Fsp3) is 0. The number of rotatable bonds is 0. The Kier molecular flexibility index (Phi) is 1.59. The molecule has 14 heavy (non-hydrogen) atoms. The molecule has 0 atom stereocenters. The molecule has 3 rings (SSSR count). The molecule has 2 aliphatic carbocycles. The normalized spacial score (nSPS) is 17.4. The van der Waals surface area contributed by atoms with Gasteiger partial charge in [0, 0.05) is 30.2 Å². The van der Waals surface area contributed by atoms with Gasteiger partial charge < -0.3 is 0 Å². The third kappa shape index (κ3) is 0.919. The van der Waals surface area contributed by atoms with Crippen molar-refractivity contribution in [1.29, 1.82) is 0 Å². The van der Waals surface area contributed by atoms with Gasteiger partial charge in [-0.25, -0.2) is 0 Å². The van der Waals surface area contributed by atoms with Gasteiger partial charge in [-0.1, -0.05) is 12.1 Å². The van der Waals surface area contributed by atoms with Gasteiger partial charge >= 0.3 is 0 Å². The molecule has 0 bridgehead atoms. The van der Waals surface area contributed by atoms with E-state index in [0.29, 0.717) is 0 Å². The lowest BCUT2D eigenvalue weighted by atomic mass is 9.97. The summed E-state index contributed by atoms with van der Waals surface area (Å²) in [6.45, 7) is 0. The van der Waals surface area contributed by atoms with Crippen molar-refractivity contribution in [3.05, 3.63) is 65.6 Å². The van der Waals surface area contributed by atoms with Crippen molar-refractivity contribution in [3.63, 3.8) is 0 Å². The van der Waals surface area contributed by atoms with Crippen LogP contribution in [0.5, 0.6) is 0 Å². The second kappa shape index (κ2) is 2.79. The average Bonchev–Trinajstić information content (AvgIpc) is 2.55. The van der Waals surface area contributed by atoms with E-state index in [2.05, 4.69) is 24.6 Å². The minimum Gasteiger partial charge on any atom is -0.0607 e. The maximum absolute atomic E-state index is 6.29. The number of benzene rings is 1. The molecular formula is C13H8Cl+. The molecule has 0 aromatic heterocycles. The number of fused-ring (bicyclic) bond motifs is 3. The Hall–Kier alpha value is -1.40. The maximum Gasteiger partial charge on any atom is 0.136 e. The van der Waals surface area contributed by atoms with E-state index in [1.54, 1.807) is 0 Å². The van der Waals surface area contributed by atoms with Crippen molar-refractivity contribution in [3.8, 4) is 0 Å². The zero-order valence-electron chi connectivity index (χ0n) is 7.50. The maximum atomic E-state index is 6.29. The highest BCUT2D eigenvalue weighted by Crippen LogP contribution is 2.45. The van der Waals surface area contributed by atoms with Crippen LogP contribution in [0.1, 0.15) is 11.1 Å². The van der Waals surface area contributed by atoms with E-state index in [0.717, 1.165) is 16.2 Å². The van der Waals surface area contributed by atoms with E-state index in [4.69, 9.17) is 11.6 Å². The summed E-state index contributed by atoms with van der Waals surface area (Å²) in [4.78, 5) is 0. The second-order valence-electron chi connectivity index (χ2n) is 3.41. The van der Waals surface area contributed by atoms with Gasteiger partial charge in [-0.3, -0.25) is 0 Å². The largest absolute Gasteiger partial charge is 0.136 e. The van der Waals surface area contributed by atoms with Crippen LogP contribution in [0.2, 0.25) is 0 Å². The van der Waals surface area contributed by atoms with E-state index in [1.807, 2.05) is 24.3 Å². The molecule has 0 N–H and O–H groups in total. The Morgan fingerprint density at radius 2 is 1.86 bits per heavy atom. The zero-order valence-corrected chi connectivity index (χ0v) is 8.25. The summed E-state index contributed by atoms with van der Waals surface area (Å²) >= 11 is 6.29. The van der Waals surface area contributed by atoms with E-state index in [9.17, 15) is 0 Å². The predicted octanol–water partition coefficient (Wildman–Crippen LogP) is 3.81. The lowest BCUT2D eigenvalue weighted by molar-refractivity contribution is 1.56. The molecule has 0 nitrogen and oxygen atoms in total. The molecular weight excluding hydrogens is 192 g/mol. The molecule has 1 aromatic rings. The topological polar surface area (TPSA) is 0 Å². The number of hydrogen-bond donors (Lipinski definition) is 0. The van der Waals surface area contributed by atoms with Crippen LogP contribution in [0, 0.1) is 6.42 Å². The van der Waals surface area contributed by atoms with Gasteiger partial charge in [-0.05, 0) is 23.7 Å². The molecule has 1 heteroatoms. The molecule has 66 valence electrons.